The van der Waals surface area contributed by atoms with Gasteiger partial charge < -0.3 is 10.2 Å². The Bertz CT molecular complexity index is 729. The lowest BCUT2D eigenvalue weighted by Crippen LogP contribution is -2.53. The second-order valence-electron chi connectivity index (χ2n) is 9.15. The predicted octanol–water partition coefficient (Wildman–Crippen LogP) is 3.40. The molecule has 2 amide bonds. The molecule has 5 nitrogen and oxygen atoms in total. The van der Waals surface area contributed by atoms with Crippen molar-refractivity contribution in [3.05, 3.63) is 35.4 Å². The maximum atomic E-state index is 13.4. The first-order chi connectivity index (χ1) is 14.1. The van der Waals surface area contributed by atoms with E-state index < -0.39 is 0 Å². The molecule has 0 aromatic heterocycles. The van der Waals surface area contributed by atoms with E-state index >= 15 is 0 Å². The Labute approximate surface area is 174 Å². The largest absolute Gasteiger partial charge is 0.352 e. The van der Waals surface area contributed by atoms with Gasteiger partial charge in [0.05, 0.1) is 6.04 Å². The van der Waals surface area contributed by atoms with Crippen LogP contribution in [0, 0.1) is 6.92 Å². The third kappa shape index (κ3) is 4.82. The molecule has 1 N–H and O–H groups in total. The Morgan fingerprint density at radius 2 is 1.72 bits per heavy atom. The molecule has 0 radical (unpaired) electrons. The van der Waals surface area contributed by atoms with E-state index in [1.807, 2.05) is 4.90 Å². The third-order valence-corrected chi connectivity index (χ3v) is 6.91. The number of nitrogens with zero attached hydrogens (tertiary/aromatic N) is 2. The molecule has 1 aliphatic carbocycles. The van der Waals surface area contributed by atoms with Gasteiger partial charge in [-0.15, -0.1) is 0 Å². The van der Waals surface area contributed by atoms with E-state index in [1.165, 1.54) is 30.4 Å². The molecule has 0 spiro atoms. The Morgan fingerprint density at radius 3 is 2.52 bits per heavy atom. The Hall–Kier alpha value is -1.88. The van der Waals surface area contributed by atoms with Crippen molar-refractivity contribution in [2.24, 2.45) is 0 Å². The van der Waals surface area contributed by atoms with Gasteiger partial charge in [-0.3, -0.25) is 14.5 Å². The van der Waals surface area contributed by atoms with Crippen LogP contribution in [0.15, 0.2) is 24.3 Å². The van der Waals surface area contributed by atoms with Crippen LogP contribution < -0.4 is 5.32 Å². The number of benzene rings is 1. The van der Waals surface area contributed by atoms with Crippen molar-refractivity contribution in [2.45, 2.75) is 89.4 Å². The van der Waals surface area contributed by atoms with Gasteiger partial charge in [-0.1, -0.05) is 49.1 Å². The quantitative estimate of drug-likeness (QED) is 0.829. The molecule has 29 heavy (non-hydrogen) atoms. The normalized spacial score (nSPS) is 26.0. The second kappa shape index (κ2) is 9.29. The number of aryl methyl sites for hydroxylation is 1. The molecule has 2 unspecified atom stereocenters. The lowest BCUT2D eigenvalue weighted by Gasteiger charge is -2.32. The number of hydrogen-bond donors (Lipinski definition) is 1. The molecule has 2 heterocycles. The molecule has 4 rings (SSSR count). The number of carbonyl (C=O) groups is 2. The van der Waals surface area contributed by atoms with Crippen LogP contribution in [0.25, 0.3) is 0 Å². The first-order valence-corrected chi connectivity index (χ1v) is 11.5. The van der Waals surface area contributed by atoms with E-state index in [-0.39, 0.29) is 23.9 Å². The molecule has 2 aliphatic heterocycles. The lowest BCUT2D eigenvalue weighted by molar-refractivity contribution is -0.142. The molecule has 1 aromatic carbocycles. The van der Waals surface area contributed by atoms with Gasteiger partial charge >= 0.3 is 0 Å². The van der Waals surface area contributed by atoms with E-state index in [4.69, 9.17) is 0 Å². The third-order valence-electron chi connectivity index (χ3n) is 6.91. The van der Waals surface area contributed by atoms with Gasteiger partial charge in [-0.2, -0.15) is 0 Å². The monoisotopic (exact) mass is 397 g/mol. The summed E-state index contributed by atoms with van der Waals surface area (Å²) in [5, 5.41) is 3.25. The van der Waals surface area contributed by atoms with Crippen LogP contribution in [0.3, 0.4) is 0 Å². The minimum atomic E-state index is -0.272. The summed E-state index contributed by atoms with van der Waals surface area (Å²) in [6.07, 6.45) is 9.53. The molecular formula is C24H35N3O2. The maximum absolute atomic E-state index is 13.4. The maximum Gasteiger partial charge on any atom is 0.243 e. The average molecular weight is 398 g/mol. The van der Waals surface area contributed by atoms with E-state index in [2.05, 4.69) is 41.4 Å². The highest BCUT2D eigenvalue weighted by atomic mass is 16.2. The van der Waals surface area contributed by atoms with Gasteiger partial charge in [0.2, 0.25) is 11.8 Å². The molecule has 1 saturated carbocycles. The first kappa shape index (κ1) is 20.4. The van der Waals surface area contributed by atoms with E-state index in [0.717, 1.165) is 58.2 Å². The van der Waals surface area contributed by atoms with Crippen LogP contribution in [0.2, 0.25) is 0 Å². The zero-order valence-corrected chi connectivity index (χ0v) is 17.7. The summed E-state index contributed by atoms with van der Waals surface area (Å²) in [7, 11) is 0. The summed E-state index contributed by atoms with van der Waals surface area (Å²) in [5.74, 6) is 0.238. The fourth-order valence-corrected chi connectivity index (χ4v) is 5.38. The number of likely N-dealkylation sites (tertiary alicyclic amines) is 2. The number of rotatable bonds is 5. The van der Waals surface area contributed by atoms with Crippen LogP contribution in [-0.2, 0) is 16.1 Å². The zero-order chi connectivity index (χ0) is 20.2. The molecule has 5 heteroatoms. The number of nitrogens with one attached hydrogen (secondary N) is 1. The van der Waals surface area contributed by atoms with Crippen molar-refractivity contribution in [2.75, 3.05) is 13.1 Å². The molecule has 2 saturated heterocycles. The SMILES string of the molecule is Cc1cccc(CN2CCCC2C(=O)N2CCCC2C(=O)NC2CCCCC2)c1. The average Bonchev–Trinajstić information content (AvgIpc) is 3.38. The topological polar surface area (TPSA) is 52.7 Å². The number of carbonyl (C=O) groups excluding carboxylic acids is 2. The van der Waals surface area contributed by atoms with Gasteiger partial charge in [0, 0.05) is 19.1 Å². The van der Waals surface area contributed by atoms with Crippen molar-refractivity contribution in [1.82, 2.24) is 15.1 Å². The van der Waals surface area contributed by atoms with Gasteiger partial charge in [-0.25, -0.2) is 0 Å². The fraction of sp³-hybridized carbons (Fsp3) is 0.667. The number of hydrogen-bond acceptors (Lipinski definition) is 3. The van der Waals surface area contributed by atoms with Gasteiger partial charge in [0.1, 0.15) is 6.04 Å². The highest BCUT2D eigenvalue weighted by Gasteiger charge is 2.40. The number of amides is 2. The van der Waals surface area contributed by atoms with Crippen molar-refractivity contribution in [1.29, 1.82) is 0 Å². The van der Waals surface area contributed by atoms with Gasteiger partial charge in [-0.05, 0) is 57.6 Å². The van der Waals surface area contributed by atoms with Crippen LogP contribution in [-0.4, -0.2) is 52.8 Å². The summed E-state index contributed by atoms with van der Waals surface area (Å²) in [6, 6.07) is 8.49. The van der Waals surface area contributed by atoms with Crippen LogP contribution in [0.4, 0.5) is 0 Å². The second-order valence-corrected chi connectivity index (χ2v) is 9.15. The van der Waals surface area contributed by atoms with Gasteiger partial charge in [0.15, 0.2) is 0 Å². The molecule has 1 aromatic rings. The molecule has 158 valence electrons. The smallest absolute Gasteiger partial charge is 0.243 e. The summed E-state index contributed by atoms with van der Waals surface area (Å²) in [4.78, 5) is 30.6. The van der Waals surface area contributed by atoms with Gasteiger partial charge in [0.25, 0.3) is 0 Å². The fourth-order valence-electron chi connectivity index (χ4n) is 5.38. The van der Waals surface area contributed by atoms with E-state index in [0.29, 0.717) is 6.04 Å². The van der Waals surface area contributed by atoms with Crippen molar-refractivity contribution < 1.29 is 9.59 Å². The summed E-state index contributed by atoms with van der Waals surface area (Å²) < 4.78 is 0. The summed E-state index contributed by atoms with van der Waals surface area (Å²) in [5.41, 5.74) is 2.52. The minimum Gasteiger partial charge on any atom is -0.352 e. The van der Waals surface area contributed by atoms with Crippen LogP contribution in [0.1, 0.15) is 68.9 Å². The molecule has 0 bridgehead atoms. The molecule has 3 aliphatic rings. The van der Waals surface area contributed by atoms with Crippen LogP contribution >= 0.6 is 0 Å². The van der Waals surface area contributed by atoms with Crippen LogP contribution in [0.5, 0.6) is 0 Å². The summed E-state index contributed by atoms with van der Waals surface area (Å²) >= 11 is 0. The Morgan fingerprint density at radius 1 is 0.966 bits per heavy atom. The first-order valence-electron chi connectivity index (χ1n) is 11.5. The zero-order valence-electron chi connectivity index (χ0n) is 17.7. The van der Waals surface area contributed by atoms with Crippen molar-refractivity contribution in [3.8, 4) is 0 Å². The van der Waals surface area contributed by atoms with E-state index in [1.54, 1.807) is 0 Å². The predicted molar refractivity (Wildman–Crippen MR) is 114 cm³/mol. The highest BCUT2D eigenvalue weighted by molar-refractivity contribution is 5.90. The molecule has 2 atom stereocenters. The van der Waals surface area contributed by atoms with E-state index in [9.17, 15) is 9.59 Å². The Kier molecular flexibility index (Phi) is 6.53. The molecule has 3 fully saturated rings. The lowest BCUT2D eigenvalue weighted by atomic mass is 9.95. The minimum absolute atomic E-state index is 0.0750. The summed E-state index contributed by atoms with van der Waals surface area (Å²) in [6.45, 7) is 4.59. The highest BCUT2D eigenvalue weighted by Crippen LogP contribution is 2.27. The Balaban J connectivity index is 1.39. The van der Waals surface area contributed by atoms with Crippen molar-refractivity contribution >= 4 is 11.8 Å². The standard InChI is InChI=1S/C24H35N3O2/c1-18-8-5-9-19(16-18)17-26-14-6-13-22(26)24(29)27-15-7-12-21(27)23(28)25-20-10-3-2-4-11-20/h5,8-9,16,20-22H,2-4,6-7,10-15,17H2,1H3,(H,25,28). The van der Waals surface area contributed by atoms with Crippen molar-refractivity contribution in [3.63, 3.8) is 0 Å². The molecular weight excluding hydrogens is 362 g/mol.